The van der Waals surface area contributed by atoms with Crippen molar-refractivity contribution in [2.24, 2.45) is 5.92 Å². The molecule has 2 nitrogen and oxygen atoms in total. The molecular weight excluding hydrogens is 252 g/mol. The van der Waals surface area contributed by atoms with E-state index in [1.54, 1.807) is 0 Å². The Hall–Kier alpha value is -1.09. The van der Waals surface area contributed by atoms with E-state index in [0.29, 0.717) is 12.0 Å². The summed E-state index contributed by atoms with van der Waals surface area (Å²) in [4.78, 5) is 2.40. The zero-order valence-corrected chi connectivity index (χ0v) is 12.7. The molecule has 0 radical (unpaired) electrons. The highest BCUT2D eigenvalue weighted by Crippen LogP contribution is 2.25. The first-order valence-electron chi connectivity index (χ1n) is 7.29. The maximum Gasteiger partial charge on any atom is 0.173 e. The van der Waals surface area contributed by atoms with E-state index in [1.807, 2.05) is 18.2 Å². The summed E-state index contributed by atoms with van der Waals surface area (Å²) in [5.41, 5.74) is 1.08. The molecule has 19 heavy (non-hydrogen) atoms. The number of anilines is 1. The number of nitrogens with one attached hydrogen (secondary N) is 1. The smallest absolute Gasteiger partial charge is 0.173 e. The van der Waals surface area contributed by atoms with Crippen LogP contribution in [0.3, 0.4) is 0 Å². The molecular formula is C16H24N2S. The van der Waals surface area contributed by atoms with Crippen LogP contribution in [0.1, 0.15) is 39.5 Å². The molecule has 104 valence electrons. The first-order valence-corrected chi connectivity index (χ1v) is 7.70. The molecule has 1 aromatic rings. The molecule has 1 aliphatic carbocycles. The number of rotatable bonds is 4. The van der Waals surface area contributed by atoms with Crippen LogP contribution in [0.5, 0.6) is 0 Å². The van der Waals surface area contributed by atoms with E-state index in [1.165, 1.54) is 25.7 Å². The van der Waals surface area contributed by atoms with Crippen LogP contribution >= 0.6 is 12.2 Å². The zero-order valence-electron chi connectivity index (χ0n) is 11.9. The largest absolute Gasteiger partial charge is 0.346 e. The topological polar surface area (TPSA) is 15.3 Å². The highest BCUT2D eigenvalue weighted by Gasteiger charge is 2.25. The summed E-state index contributed by atoms with van der Waals surface area (Å²) in [6.07, 6.45) is 5.24. The first-order chi connectivity index (χ1) is 9.16. The van der Waals surface area contributed by atoms with Crippen molar-refractivity contribution in [3.63, 3.8) is 0 Å². The van der Waals surface area contributed by atoms with Gasteiger partial charge in [-0.15, -0.1) is 0 Å². The number of hydrogen-bond donors (Lipinski definition) is 1. The number of hydrogen-bond acceptors (Lipinski definition) is 1. The molecule has 0 heterocycles. The number of benzene rings is 1. The Morgan fingerprint density at radius 1 is 1.26 bits per heavy atom. The minimum Gasteiger partial charge on any atom is -0.346 e. The number of para-hydroxylation sites is 1. The Labute approximate surface area is 122 Å². The van der Waals surface area contributed by atoms with Gasteiger partial charge in [-0.05, 0) is 43.1 Å². The highest BCUT2D eigenvalue weighted by molar-refractivity contribution is 7.80. The van der Waals surface area contributed by atoms with Crippen molar-refractivity contribution in [3.05, 3.63) is 30.3 Å². The molecule has 2 rings (SSSR count). The lowest BCUT2D eigenvalue weighted by atomic mass is 10.1. The van der Waals surface area contributed by atoms with E-state index in [9.17, 15) is 0 Å². The van der Waals surface area contributed by atoms with Crippen LogP contribution < -0.4 is 5.32 Å². The third kappa shape index (κ3) is 4.20. The maximum absolute atomic E-state index is 5.63. The van der Waals surface area contributed by atoms with Crippen LogP contribution in [-0.2, 0) is 0 Å². The van der Waals surface area contributed by atoms with Gasteiger partial charge in [-0.1, -0.05) is 44.9 Å². The standard InChI is InChI=1S/C16H24N2S/c1-13(2)12-18(15-10-6-7-11-15)16(19)17-14-8-4-3-5-9-14/h3-5,8-9,13,15H,6-7,10-12H2,1-2H3,(H,17,19). The number of nitrogens with zero attached hydrogens (tertiary/aromatic N) is 1. The Morgan fingerprint density at radius 3 is 2.47 bits per heavy atom. The zero-order chi connectivity index (χ0) is 13.7. The summed E-state index contributed by atoms with van der Waals surface area (Å²) in [6, 6.07) is 10.9. The van der Waals surface area contributed by atoms with Crippen LogP contribution in [0, 0.1) is 5.92 Å². The Morgan fingerprint density at radius 2 is 1.89 bits per heavy atom. The Kier molecular flexibility index (Phi) is 5.20. The van der Waals surface area contributed by atoms with Crippen LogP contribution in [-0.4, -0.2) is 22.6 Å². The average molecular weight is 276 g/mol. The van der Waals surface area contributed by atoms with Gasteiger partial charge in [0.2, 0.25) is 0 Å². The molecule has 0 saturated heterocycles. The second-order valence-corrected chi connectivity index (χ2v) is 6.17. The van der Waals surface area contributed by atoms with Crippen molar-refractivity contribution < 1.29 is 0 Å². The summed E-state index contributed by atoms with van der Waals surface area (Å²) in [7, 11) is 0. The summed E-state index contributed by atoms with van der Waals surface area (Å²) in [6.45, 7) is 5.56. The SMILES string of the molecule is CC(C)CN(C(=S)Nc1ccccc1)C1CCCC1. The van der Waals surface area contributed by atoms with E-state index in [0.717, 1.165) is 17.3 Å². The lowest BCUT2D eigenvalue weighted by molar-refractivity contribution is 0.287. The molecule has 0 unspecified atom stereocenters. The fraction of sp³-hybridized carbons (Fsp3) is 0.562. The molecule has 1 saturated carbocycles. The van der Waals surface area contributed by atoms with Crippen molar-refractivity contribution in [3.8, 4) is 0 Å². The van der Waals surface area contributed by atoms with Gasteiger partial charge in [0, 0.05) is 18.3 Å². The normalized spacial score (nSPS) is 15.7. The molecule has 1 fully saturated rings. The van der Waals surface area contributed by atoms with Crippen LogP contribution in [0.15, 0.2) is 30.3 Å². The lowest BCUT2D eigenvalue weighted by Gasteiger charge is -2.33. The molecule has 0 atom stereocenters. The Balaban J connectivity index is 2.02. The van der Waals surface area contributed by atoms with Crippen molar-refractivity contribution in [1.82, 2.24) is 4.90 Å². The summed E-state index contributed by atoms with van der Waals surface area (Å²) in [5.74, 6) is 0.635. The Bertz CT molecular complexity index is 396. The van der Waals surface area contributed by atoms with Gasteiger partial charge in [-0.25, -0.2) is 0 Å². The van der Waals surface area contributed by atoms with E-state index >= 15 is 0 Å². The van der Waals surface area contributed by atoms with E-state index in [2.05, 4.69) is 36.2 Å². The summed E-state index contributed by atoms with van der Waals surface area (Å²) < 4.78 is 0. The second-order valence-electron chi connectivity index (χ2n) is 5.78. The van der Waals surface area contributed by atoms with Crippen LogP contribution in [0.25, 0.3) is 0 Å². The van der Waals surface area contributed by atoms with Crippen LogP contribution in [0.2, 0.25) is 0 Å². The van der Waals surface area contributed by atoms with Gasteiger partial charge in [0.25, 0.3) is 0 Å². The van der Waals surface area contributed by atoms with Gasteiger partial charge >= 0.3 is 0 Å². The monoisotopic (exact) mass is 276 g/mol. The van der Waals surface area contributed by atoms with Gasteiger partial charge in [0.05, 0.1) is 0 Å². The molecule has 1 N–H and O–H groups in total. The fourth-order valence-electron chi connectivity index (χ4n) is 2.72. The molecule has 0 amide bonds. The molecule has 3 heteroatoms. The quantitative estimate of drug-likeness (QED) is 0.826. The predicted octanol–water partition coefficient (Wildman–Crippen LogP) is 4.28. The lowest BCUT2D eigenvalue weighted by Crippen LogP contribution is -2.43. The third-order valence-electron chi connectivity index (χ3n) is 3.61. The van der Waals surface area contributed by atoms with Crippen molar-refractivity contribution in [2.45, 2.75) is 45.6 Å². The van der Waals surface area contributed by atoms with Gasteiger partial charge in [-0.2, -0.15) is 0 Å². The van der Waals surface area contributed by atoms with E-state index in [-0.39, 0.29) is 0 Å². The summed E-state index contributed by atoms with van der Waals surface area (Å²) in [5, 5.41) is 4.26. The second kappa shape index (κ2) is 6.90. The molecule has 0 aliphatic heterocycles. The first kappa shape index (κ1) is 14.3. The number of thiocarbonyl (C=S) groups is 1. The van der Waals surface area contributed by atoms with Crippen molar-refractivity contribution in [1.29, 1.82) is 0 Å². The molecule has 0 aromatic heterocycles. The molecule has 1 aromatic carbocycles. The predicted molar refractivity (Wildman–Crippen MR) is 86.5 cm³/mol. The van der Waals surface area contributed by atoms with Crippen LogP contribution in [0.4, 0.5) is 5.69 Å². The molecule has 1 aliphatic rings. The average Bonchev–Trinajstić information content (AvgIpc) is 2.90. The highest BCUT2D eigenvalue weighted by atomic mass is 32.1. The fourth-order valence-corrected chi connectivity index (χ4v) is 3.07. The third-order valence-corrected chi connectivity index (χ3v) is 3.95. The maximum atomic E-state index is 5.63. The van der Waals surface area contributed by atoms with Gasteiger partial charge in [0.15, 0.2) is 5.11 Å². The van der Waals surface area contributed by atoms with E-state index < -0.39 is 0 Å². The van der Waals surface area contributed by atoms with E-state index in [4.69, 9.17) is 12.2 Å². The van der Waals surface area contributed by atoms with Gasteiger partial charge < -0.3 is 10.2 Å². The molecule has 0 bridgehead atoms. The van der Waals surface area contributed by atoms with Gasteiger partial charge in [0.1, 0.15) is 0 Å². The summed E-state index contributed by atoms with van der Waals surface area (Å²) >= 11 is 5.63. The van der Waals surface area contributed by atoms with Crippen molar-refractivity contribution >= 4 is 23.0 Å². The minimum absolute atomic E-state index is 0.631. The molecule has 0 spiro atoms. The minimum atomic E-state index is 0.631. The van der Waals surface area contributed by atoms with Gasteiger partial charge in [-0.3, -0.25) is 0 Å². The van der Waals surface area contributed by atoms with Crippen molar-refractivity contribution in [2.75, 3.05) is 11.9 Å².